The summed E-state index contributed by atoms with van der Waals surface area (Å²) in [4.78, 5) is 36.0. The van der Waals surface area contributed by atoms with Crippen molar-refractivity contribution in [1.29, 1.82) is 0 Å². The summed E-state index contributed by atoms with van der Waals surface area (Å²) >= 11 is 0. The number of azide groups is 1. The van der Waals surface area contributed by atoms with Crippen LogP contribution in [0.1, 0.15) is 20.8 Å². The van der Waals surface area contributed by atoms with Crippen LogP contribution in [-0.4, -0.2) is 55.5 Å². The molecule has 0 radical (unpaired) electrons. The molecule has 22 heavy (non-hydrogen) atoms. The largest absolute Gasteiger partial charge is 0.463 e. The second kappa shape index (κ2) is 8.20. The molecule has 1 heterocycles. The van der Waals surface area contributed by atoms with Crippen LogP contribution in [0.4, 0.5) is 0 Å². The van der Waals surface area contributed by atoms with Crippen molar-refractivity contribution in [3.63, 3.8) is 0 Å². The van der Waals surface area contributed by atoms with Crippen molar-refractivity contribution in [2.24, 2.45) is 5.11 Å². The quantitative estimate of drug-likeness (QED) is 0.228. The number of rotatable bonds is 6. The van der Waals surface area contributed by atoms with Gasteiger partial charge in [-0.1, -0.05) is 5.11 Å². The monoisotopic (exact) mass is 315 g/mol. The third-order valence-corrected chi connectivity index (χ3v) is 2.79. The number of hydrogen-bond donors (Lipinski definition) is 0. The number of hydrogen-bond acceptors (Lipinski definition) is 8. The zero-order valence-corrected chi connectivity index (χ0v) is 12.4. The van der Waals surface area contributed by atoms with Gasteiger partial charge in [-0.05, 0) is 5.53 Å². The Labute approximate surface area is 126 Å². The number of carbonyl (C=O) groups excluding carboxylic acids is 3. The van der Waals surface area contributed by atoms with Crippen LogP contribution in [0, 0.1) is 0 Å². The molecule has 1 fully saturated rings. The average Bonchev–Trinajstić information content (AvgIpc) is 2.71. The van der Waals surface area contributed by atoms with E-state index in [-0.39, 0.29) is 13.2 Å². The summed E-state index contributed by atoms with van der Waals surface area (Å²) in [5, 5.41) is 3.37. The van der Waals surface area contributed by atoms with Gasteiger partial charge < -0.3 is 18.9 Å². The van der Waals surface area contributed by atoms with Crippen LogP contribution in [0.2, 0.25) is 0 Å². The highest BCUT2D eigenvalue weighted by atomic mass is 16.6. The number of nitrogens with zero attached hydrogens (tertiary/aromatic N) is 3. The fourth-order valence-electron chi connectivity index (χ4n) is 2.07. The summed E-state index contributed by atoms with van der Waals surface area (Å²) in [7, 11) is 0. The minimum absolute atomic E-state index is 0.122. The molecule has 4 atom stereocenters. The molecule has 0 saturated carbocycles. The lowest BCUT2D eigenvalue weighted by atomic mass is 10.1. The molecule has 10 nitrogen and oxygen atoms in total. The smallest absolute Gasteiger partial charge is 0.303 e. The van der Waals surface area contributed by atoms with E-state index < -0.39 is 42.3 Å². The molecule has 0 aromatic carbocycles. The highest BCUT2D eigenvalue weighted by Crippen LogP contribution is 2.28. The Kier molecular flexibility index (Phi) is 6.61. The average molecular weight is 315 g/mol. The van der Waals surface area contributed by atoms with E-state index in [9.17, 15) is 14.4 Å². The first kappa shape index (κ1) is 17.7. The lowest BCUT2D eigenvalue weighted by molar-refractivity contribution is -0.165. The van der Waals surface area contributed by atoms with Gasteiger partial charge in [-0.15, -0.1) is 0 Å². The highest BCUT2D eigenvalue weighted by molar-refractivity contribution is 5.68. The maximum absolute atomic E-state index is 11.2. The van der Waals surface area contributed by atoms with E-state index in [1.807, 2.05) is 0 Å². The van der Waals surface area contributed by atoms with Crippen molar-refractivity contribution < 1.29 is 33.3 Å². The van der Waals surface area contributed by atoms with E-state index >= 15 is 0 Å². The molecule has 0 aliphatic carbocycles. The van der Waals surface area contributed by atoms with Crippen LogP contribution in [0.5, 0.6) is 0 Å². The Balaban J connectivity index is 2.94. The molecular formula is C12H17N3O7. The predicted octanol–water partition coefficient (Wildman–Crippen LogP) is 0.491. The predicted molar refractivity (Wildman–Crippen MR) is 70.4 cm³/mol. The molecule has 10 heteroatoms. The normalized spacial score (nSPS) is 26.7. The summed E-state index contributed by atoms with van der Waals surface area (Å²) in [6.07, 6.45) is -3.53. The second-order valence-electron chi connectivity index (χ2n) is 4.58. The maximum Gasteiger partial charge on any atom is 0.303 e. The fourth-order valence-corrected chi connectivity index (χ4v) is 2.07. The van der Waals surface area contributed by atoms with Gasteiger partial charge in [-0.3, -0.25) is 14.4 Å². The third kappa shape index (κ3) is 5.23. The van der Waals surface area contributed by atoms with E-state index in [0.29, 0.717) is 0 Å². The van der Waals surface area contributed by atoms with Crippen LogP contribution < -0.4 is 0 Å². The van der Waals surface area contributed by atoms with Gasteiger partial charge in [0.25, 0.3) is 0 Å². The van der Waals surface area contributed by atoms with E-state index in [2.05, 4.69) is 10.0 Å². The van der Waals surface area contributed by atoms with Crippen molar-refractivity contribution >= 4 is 17.9 Å². The van der Waals surface area contributed by atoms with Crippen molar-refractivity contribution in [2.45, 2.75) is 45.2 Å². The summed E-state index contributed by atoms with van der Waals surface area (Å²) in [6.45, 7) is 3.29. The molecule has 0 aromatic heterocycles. The molecule has 0 bridgehead atoms. The van der Waals surface area contributed by atoms with Gasteiger partial charge in [0, 0.05) is 25.7 Å². The lowest BCUT2D eigenvalue weighted by Crippen LogP contribution is -2.41. The standard InChI is InChI=1S/C12H17N3O7/c1-6(16)19-5-10-12(21-8(3)18)11(20-7(2)17)9(22-10)4-14-15-13/h9-12H,4-5H2,1-3H3/t9-,10-,11+,12-/m1/s1. The van der Waals surface area contributed by atoms with Crippen molar-refractivity contribution in [1.82, 2.24) is 0 Å². The van der Waals surface area contributed by atoms with E-state index in [0.717, 1.165) is 0 Å². The third-order valence-electron chi connectivity index (χ3n) is 2.79. The molecule has 1 aliphatic heterocycles. The molecule has 0 N–H and O–H groups in total. The zero-order chi connectivity index (χ0) is 16.7. The first-order valence-corrected chi connectivity index (χ1v) is 6.49. The summed E-state index contributed by atoms with van der Waals surface area (Å²) in [5.74, 6) is -1.75. The number of carbonyl (C=O) groups is 3. The molecular weight excluding hydrogens is 298 g/mol. The molecule has 0 spiro atoms. The fraction of sp³-hybridized carbons (Fsp3) is 0.750. The summed E-state index contributed by atoms with van der Waals surface area (Å²) in [5.41, 5.74) is 8.39. The van der Waals surface area contributed by atoms with Gasteiger partial charge in [-0.2, -0.15) is 0 Å². The molecule has 0 aromatic rings. The van der Waals surface area contributed by atoms with Gasteiger partial charge in [0.2, 0.25) is 0 Å². The molecule has 1 saturated heterocycles. The number of esters is 3. The molecule has 0 amide bonds. The Morgan fingerprint density at radius 2 is 1.59 bits per heavy atom. The first-order chi connectivity index (χ1) is 10.3. The molecule has 1 rings (SSSR count). The van der Waals surface area contributed by atoms with Gasteiger partial charge in [-0.25, -0.2) is 0 Å². The number of ether oxygens (including phenoxy) is 4. The topological polar surface area (TPSA) is 137 Å². The Morgan fingerprint density at radius 1 is 1.05 bits per heavy atom. The Hall–Kier alpha value is -2.32. The molecule has 0 unspecified atom stereocenters. The van der Waals surface area contributed by atoms with Gasteiger partial charge >= 0.3 is 17.9 Å². The SMILES string of the molecule is CC(=O)OC[C@H]1O[C@H](CN=[N+]=[N-])[C@H](OC(C)=O)[C@@H]1OC(C)=O. The van der Waals surface area contributed by atoms with E-state index in [1.54, 1.807) is 0 Å². The van der Waals surface area contributed by atoms with Gasteiger partial charge in [0.1, 0.15) is 18.8 Å². The van der Waals surface area contributed by atoms with Gasteiger partial charge in [0.05, 0.1) is 6.54 Å². The highest BCUT2D eigenvalue weighted by Gasteiger charge is 2.49. The summed E-state index contributed by atoms with van der Waals surface area (Å²) in [6, 6.07) is 0. The first-order valence-electron chi connectivity index (χ1n) is 6.49. The van der Waals surface area contributed by atoms with Crippen LogP contribution in [0.25, 0.3) is 10.4 Å². The Morgan fingerprint density at radius 3 is 2.05 bits per heavy atom. The minimum atomic E-state index is -0.959. The molecule has 122 valence electrons. The van der Waals surface area contributed by atoms with Crippen molar-refractivity contribution in [3.8, 4) is 0 Å². The van der Waals surface area contributed by atoms with Crippen LogP contribution >= 0.6 is 0 Å². The van der Waals surface area contributed by atoms with E-state index in [4.69, 9.17) is 24.5 Å². The maximum atomic E-state index is 11.2. The van der Waals surface area contributed by atoms with Crippen molar-refractivity contribution in [2.75, 3.05) is 13.2 Å². The lowest BCUT2D eigenvalue weighted by Gasteiger charge is -2.22. The zero-order valence-electron chi connectivity index (χ0n) is 12.4. The van der Waals surface area contributed by atoms with Crippen LogP contribution in [-0.2, 0) is 33.3 Å². The van der Waals surface area contributed by atoms with E-state index in [1.165, 1.54) is 20.8 Å². The van der Waals surface area contributed by atoms with Gasteiger partial charge in [0.15, 0.2) is 12.2 Å². The Bertz CT molecular complexity index is 489. The molecule has 1 aliphatic rings. The minimum Gasteiger partial charge on any atom is -0.463 e. The second-order valence-corrected chi connectivity index (χ2v) is 4.58. The summed E-state index contributed by atoms with van der Waals surface area (Å²) < 4.78 is 20.6. The van der Waals surface area contributed by atoms with Crippen LogP contribution in [0.3, 0.4) is 0 Å². The van der Waals surface area contributed by atoms with Crippen LogP contribution in [0.15, 0.2) is 5.11 Å². The van der Waals surface area contributed by atoms with Crippen molar-refractivity contribution in [3.05, 3.63) is 10.4 Å².